The van der Waals surface area contributed by atoms with Crippen LogP contribution < -0.4 is 4.72 Å². The highest BCUT2D eigenvalue weighted by Gasteiger charge is 2.13. The molecule has 0 aliphatic carbocycles. The number of nitrogens with one attached hydrogen (secondary N) is 1. The second kappa shape index (κ2) is 8.36. The van der Waals surface area contributed by atoms with Crippen molar-refractivity contribution >= 4 is 10.0 Å². The first-order valence-electron chi connectivity index (χ1n) is 6.73. The second-order valence-corrected chi connectivity index (χ2v) is 6.79. The number of sulfonamides is 1. The molecule has 1 aromatic rings. The van der Waals surface area contributed by atoms with Crippen molar-refractivity contribution < 1.29 is 18.3 Å². The van der Waals surface area contributed by atoms with Gasteiger partial charge >= 0.3 is 0 Å². The zero-order valence-electron chi connectivity index (χ0n) is 12.0. The van der Waals surface area contributed by atoms with Gasteiger partial charge in [-0.3, -0.25) is 0 Å². The fourth-order valence-corrected chi connectivity index (χ4v) is 2.74. The summed E-state index contributed by atoms with van der Waals surface area (Å²) in [6, 6.07) is 6.28. The molecule has 0 fully saturated rings. The smallest absolute Gasteiger partial charge is 0.240 e. The first-order chi connectivity index (χ1) is 9.45. The zero-order chi connectivity index (χ0) is 15.0. The molecule has 0 radical (unpaired) electrons. The number of hydrogen-bond acceptors (Lipinski definition) is 4. The summed E-state index contributed by atoms with van der Waals surface area (Å²) in [5.41, 5.74) is 0.577. The normalized spacial score (nSPS) is 12.0. The van der Waals surface area contributed by atoms with Gasteiger partial charge in [-0.1, -0.05) is 26.0 Å². The van der Waals surface area contributed by atoms with E-state index in [1.807, 2.05) is 0 Å². The molecule has 0 saturated heterocycles. The summed E-state index contributed by atoms with van der Waals surface area (Å²) >= 11 is 0. The Hall–Kier alpha value is -0.950. The molecule has 5 nitrogen and oxygen atoms in total. The van der Waals surface area contributed by atoms with Gasteiger partial charge in [0.2, 0.25) is 10.0 Å². The molecule has 0 heterocycles. The lowest BCUT2D eigenvalue weighted by Crippen LogP contribution is -2.25. The van der Waals surface area contributed by atoms with Crippen molar-refractivity contribution in [3.63, 3.8) is 0 Å². The Morgan fingerprint density at radius 3 is 2.75 bits per heavy atom. The number of aliphatic hydroxyl groups excluding tert-OH is 1. The van der Waals surface area contributed by atoms with Crippen molar-refractivity contribution in [2.24, 2.45) is 5.92 Å². The van der Waals surface area contributed by atoms with Crippen molar-refractivity contribution in [2.75, 3.05) is 19.8 Å². The van der Waals surface area contributed by atoms with Gasteiger partial charge < -0.3 is 9.84 Å². The predicted molar refractivity (Wildman–Crippen MR) is 77.8 cm³/mol. The van der Waals surface area contributed by atoms with Gasteiger partial charge in [0.05, 0.1) is 11.5 Å². The quantitative estimate of drug-likeness (QED) is 0.678. The average molecular weight is 301 g/mol. The Morgan fingerprint density at radius 2 is 2.10 bits per heavy atom. The van der Waals surface area contributed by atoms with E-state index < -0.39 is 10.0 Å². The van der Waals surface area contributed by atoms with E-state index >= 15 is 0 Å². The van der Waals surface area contributed by atoms with E-state index in [0.29, 0.717) is 37.7 Å². The van der Waals surface area contributed by atoms with Crippen LogP contribution in [0.25, 0.3) is 0 Å². The van der Waals surface area contributed by atoms with E-state index in [0.717, 1.165) is 0 Å². The molecule has 0 saturated carbocycles. The van der Waals surface area contributed by atoms with Crippen LogP contribution in [-0.4, -0.2) is 33.3 Å². The summed E-state index contributed by atoms with van der Waals surface area (Å²) in [6.07, 6.45) is 0.631. The molecule has 0 unspecified atom stereocenters. The lowest BCUT2D eigenvalue weighted by atomic mass is 10.2. The van der Waals surface area contributed by atoms with Crippen molar-refractivity contribution in [3.05, 3.63) is 29.8 Å². The van der Waals surface area contributed by atoms with Crippen LogP contribution in [0, 0.1) is 5.92 Å². The lowest BCUT2D eigenvalue weighted by molar-refractivity contribution is 0.108. The van der Waals surface area contributed by atoms with Gasteiger partial charge in [0.25, 0.3) is 0 Å². The molecule has 6 heteroatoms. The van der Waals surface area contributed by atoms with E-state index in [1.165, 1.54) is 12.1 Å². The summed E-state index contributed by atoms with van der Waals surface area (Å²) in [6.45, 7) is 5.52. The molecule has 1 rings (SSSR count). The van der Waals surface area contributed by atoms with Crippen molar-refractivity contribution in [3.8, 4) is 0 Å². The molecule has 0 spiro atoms. The molecule has 0 amide bonds. The fraction of sp³-hybridized carbons (Fsp3) is 0.571. The zero-order valence-corrected chi connectivity index (χ0v) is 12.8. The number of hydrogen-bond donors (Lipinski definition) is 2. The molecular formula is C14H23NO4S. The van der Waals surface area contributed by atoms with E-state index in [2.05, 4.69) is 18.6 Å². The predicted octanol–water partition coefficient (Wildman–Crippen LogP) is 1.52. The van der Waals surface area contributed by atoms with Crippen LogP contribution in [-0.2, 0) is 21.4 Å². The molecule has 0 bridgehead atoms. The van der Waals surface area contributed by atoms with E-state index in [-0.39, 0.29) is 11.5 Å². The molecular weight excluding hydrogens is 278 g/mol. The minimum absolute atomic E-state index is 0.173. The highest BCUT2D eigenvalue weighted by atomic mass is 32.2. The van der Waals surface area contributed by atoms with Crippen LogP contribution in [0.1, 0.15) is 25.8 Å². The standard InChI is InChI=1S/C14H23NO4S/c1-12(2)11-19-8-4-7-15-20(17,18)14-6-3-5-13(9-14)10-16/h3,5-6,9,12,15-16H,4,7-8,10-11H2,1-2H3. The monoisotopic (exact) mass is 301 g/mol. The minimum atomic E-state index is -3.51. The van der Waals surface area contributed by atoms with Crippen LogP contribution in [0.5, 0.6) is 0 Å². The summed E-state index contributed by atoms with van der Waals surface area (Å²) < 4.78 is 31.9. The van der Waals surface area contributed by atoms with Gasteiger partial charge in [-0.25, -0.2) is 13.1 Å². The van der Waals surface area contributed by atoms with Gasteiger partial charge in [-0.05, 0) is 30.0 Å². The number of rotatable bonds is 9. The maximum Gasteiger partial charge on any atom is 0.240 e. The van der Waals surface area contributed by atoms with E-state index in [1.54, 1.807) is 12.1 Å². The van der Waals surface area contributed by atoms with Crippen molar-refractivity contribution in [1.29, 1.82) is 0 Å². The largest absolute Gasteiger partial charge is 0.392 e. The summed E-state index contributed by atoms with van der Waals surface area (Å²) in [4.78, 5) is 0.173. The highest BCUT2D eigenvalue weighted by Crippen LogP contribution is 2.11. The van der Waals surface area contributed by atoms with E-state index in [9.17, 15) is 8.42 Å². The molecule has 0 aromatic heterocycles. The molecule has 2 N–H and O–H groups in total. The lowest BCUT2D eigenvalue weighted by Gasteiger charge is -2.09. The Balaban J connectivity index is 2.41. The van der Waals surface area contributed by atoms with Crippen LogP contribution in [0.4, 0.5) is 0 Å². The highest BCUT2D eigenvalue weighted by molar-refractivity contribution is 7.89. The maximum atomic E-state index is 12.0. The van der Waals surface area contributed by atoms with Gasteiger partial charge in [0.15, 0.2) is 0 Å². The third-order valence-electron chi connectivity index (χ3n) is 2.60. The first-order valence-corrected chi connectivity index (χ1v) is 8.21. The molecule has 20 heavy (non-hydrogen) atoms. The Kier molecular flexibility index (Phi) is 7.15. The third kappa shape index (κ3) is 6.00. The molecule has 1 aromatic carbocycles. The molecule has 0 aliphatic heterocycles. The Morgan fingerprint density at radius 1 is 1.35 bits per heavy atom. The summed E-state index contributed by atoms with van der Waals surface area (Å²) in [5, 5.41) is 9.01. The van der Waals surface area contributed by atoms with Gasteiger partial charge in [0.1, 0.15) is 0 Å². The molecule has 0 atom stereocenters. The first kappa shape index (κ1) is 17.1. The topological polar surface area (TPSA) is 75.6 Å². The van der Waals surface area contributed by atoms with E-state index in [4.69, 9.17) is 9.84 Å². The SMILES string of the molecule is CC(C)COCCCNS(=O)(=O)c1cccc(CO)c1. The third-order valence-corrected chi connectivity index (χ3v) is 4.06. The van der Waals surface area contributed by atoms with Crippen LogP contribution in [0.3, 0.4) is 0 Å². The van der Waals surface area contributed by atoms with Crippen LogP contribution in [0.15, 0.2) is 29.2 Å². The number of benzene rings is 1. The van der Waals surface area contributed by atoms with Gasteiger partial charge in [-0.15, -0.1) is 0 Å². The summed E-state index contributed by atoms with van der Waals surface area (Å²) in [5.74, 6) is 0.480. The van der Waals surface area contributed by atoms with Crippen LogP contribution in [0.2, 0.25) is 0 Å². The van der Waals surface area contributed by atoms with Crippen molar-refractivity contribution in [1.82, 2.24) is 4.72 Å². The summed E-state index contributed by atoms with van der Waals surface area (Å²) in [7, 11) is -3.51. The number of aliphatic hydroxyl groups is 1. The average Bonchev–Trinajstić information content (AvgIpc) is 2.42. The second-order valence-electron chi connectivity index (χ2n) is 5.03. The Bertz CT molecular complexity index is 500. The fourth-order valence-electron chi connectivity index (χ4n) is 1.59. The van der Waals surface area contributed by atoms with Gasteiger partial charge in [-0.2, -0.15) is 0 Å². The van der Waals surface area contributed by atoms with Gasteiger partial charge in [0, 0.05) is 19.8 Å². The maximum absolute atomic E-state index is 12.0. The number of ether oxygens (including phenoxy) is 1. The van der Waals surface area contributed by atoms with Crippen LogP contribution >= 0.6 is 0 Å². The Labute approximate surface area is 121 Å². The molecule has 0 aliphatic rings. The van der Waals surface area contributed by atoms with Crippen molar-refractivity contribution in [2.45, 2.75) is 31.8 Å². The minimum Gasteiger partial charge on any atom is -0.392 e. The molecule has 114 valence electrons.